The smallest absolute Gasteiger partial charge is 0.321 e. The summed E-state index contributed by atoms with van der Waals surface area (Å²) in [5, 5.41) is 21.7. The highest BCUT2D eigenvalue weighted by atomic mass is 79.9. The van der Waals surface area contributed by atoms with Gasteiger partial charge >= 0.3 is 5.97 Å². The molecule has 0 aromatic heterocycles. The SMILES string of the molecule is CCOc1cc([C@@H]2N[C@@H](C(=O)O)CS2)cc(Br)c1O. The summed E-state index contributed by atoms with van der Waals surface area (Å²) < 4.78 is 5.90. The van der Waals surface area contributed by atoms with Gasteiger partial charge in [-0.3, -0.25) is 10.1 Å². The summed E-state index contributed by atoms with van der Waals surface area (Å²) in [7, 11) is 0. The van der Waals surface area contributed by atoms with Crippen molar-refractivity contribution < 1.29 is 19.7 Å². The van der Waals surface area contributed by atoms with E-state index >= 15 is 0 Å². The fourth-order valence-electron chi connectivity index (χ4n) is 1.82. The Hall–Kier alpha value is -0.920. The molecule has 104 valence electrons. The molecule has 0 radical (unpaired) electrons. The van der Waals surface area contributed by atoms with Gasteiger partial charge in [-0.25, -0.2) is 0 Å². The molecule has 0 saturated carbocycles. The largest absolute Gasteiger partial charge is 0.503 e. The van der Waals surface area contributed by atoms with Gasteiger partial charge in [0.1, 0.15) is 6.04 Å². The molecule has 2 rings (SSSR count). The molecule has 0 amide bonds. The van der Waals surface area contributed by atoms with Gasteiger partial charge in [0.05, 0.1) is 16.5 Å². The van der Waals surface area contributed by atoms with Crippen LogP contribution < -0.4 is 10.1 Å². The highest BCUT2D eigenvalue weighted by Gasteiger charge is 2.31. The van der Waals surface area contributed by atoms with Crippen LogP contribution in [0.1, 0.15) is 17.9 Å². The third-order valence-electron chi connectivity index (χ3n) is 2.73. The molecular formula is C12H14BrNO4S. The van der Waals surface area contributed by atoms with Gasteiger partial charge in [0.15, 0.2) is 11.5 Å². The maximum atomic E-state index is 10.9. The number of aromatic hydroxyl groups is 1. The van der Waals surface area contributed by atoms with E-state index in [1.807, 2.05) is 6.92 Å². The van der Waals surface area contributed by atoms with Crippen LogP contribution in [0.3, 0.4) is 0 Å². The minimum Gasteiger partial charge on any atom is -0.503 e. The lowest BCUT2D eigenvalue weighted by Gasteiger charge is -2.15. The van der Waals surface area contributed by atoms with Crippen molar-refractivity contribution in [3.8, 4) is 11.5 Å². The molecule has 1 saturated heterocycles. The van der Waals surface area contributed by atoms with Gasteiger partial charge in [-0.2, -0.15) is 0 Å². The Kier molecular flexibility index (Phi) is 4.59. The molecular weight excluding hydrogens is 334 g/mol. The monoisotopic (exact) mass is 347 g/mol. The molecule has 2 atom stereocenters. The number of hydrogen-bond acceptors (Lipinski definition) is 5. The van der Waals surface area contributed by atoms with Gasteiger partial charge in [0.2, 0.25) is 0 Å². The lowest BCUT2D eigenvalue weighted by Crippen LogP contribution is -2.33. The van der Waals surface area contributed by atoms with Crippen molar-refractivity contribution in [2.45, 2.75) is 18.3 Å². The Labute approximate surface area is 123 Å². The summed E-state index contributed by atoms with van der Waals surface area (Å²) in [5.74, 6) is 0.122. The van der Waals surface area contributed by atoms with Crippen molar-refractivity contribution in [1.82, 2.24) is 5.32 Å². The molecule has 19 heavy (non-hydrogen) atoms. The molecule has 1 aliphatic heterocycles. The van der Waals surface area contributed by atoms with Gasteiger partial charge in [-0.1, -0.05) is 0 Å². The van der Waals surface area contributed by atoms with Crippen molar-refractivity contribution in [2.75, 3.05) is 12.4 Å². The number of hydrogen-bond donors (Lipinski definition) is 3. The normalized spacial score (nSPS) is 22.4. The first-order chi connectivity index (χ1) is 9.02. The van der Waals surface area contributed by atoms with E-state index in [1.165, 1.54) is 11.8 Å². The van der Waals surface area contributed by atoms with Crippen molar-refractivity contribution in [2.24, 2.45) is 0 Å². The van der Waals surface area contributed by atoms with E-state index in [4.69, 9.17) is 9.84 Å². The minimum absolute atomic E-state index is 0.0587. The number of phenolic OH excluding ortho intramolecular Hbond substituents is 1. The van der Waals surface area contributed by atoms with Crippen molar-refractivity contribution in [3.63, 3.8) is 0 Å². The third kappa shape index (κ3) is 3.16. The molecule has 5 nitrogen and oxygen atoms in total. The summed E-state index contributed by atoms with van der Waals surface area (Å²) in [6.07, 6.45) is 0. The van der Waals surface area contributed by atoms with Gasteiger partial charge in [0.25, 0.3) is 0 Å². The molecule has 1 heterocycles. The second-order valence-corrected chi connectivity index (χ2v) is 6.05. The van der Waals surface area contributed by atoms with E-state index in [9.17, 15) is 9.90 Å². The lowest BCUT2D eigenvalue weighted by molar-refractivity contribution is -0.138. The molecule has 0 unspecified atom stereocenters. The van der Waals surface area contributed by atoms with E-state index in [2.05, 4.69) is 21.2 Å². The van der Waals surface area contributed by atoms with Gasteiger partial charge < -0.3 is 14.9 Å². The first kappa shape index (κ1) is 14.5. The number of benzene rings is 1. The summed E-state index contributed by atoms with van der Waals surface area (Å²) in [6, 6.07) is 2.96. The third-order valence-corrected chi connectivity index (χ3v) is 4.61. The Balaban J connectivity index is 2.23. The van der Waals surface area contributed by atoms with Crippen LogP contribution in [0.15, 0.2) is 16.6 Å². The summed E-state index contributed by atoms with van der Waals surface area (Å²) in [5.41, 5.74) is 0.877. The second kappa shape index (κ2) is 6.02. The number of carboxylic acids is 1. The minimum atomic E-state index is -0.849. The van der Waals surface area contributed by atoms with E-state index in [-0.39, 0.29) is 11.1 Å². The molecule has 0 bridgehead atoms. The van der Waals surface area contributed by atoms with Crippen LogP contribution >= 0.6 is 27.7 Å². The molecule has 7 heteroatoms. The predicted molar refractivity (Wildman–Crippen MR) is 76.7 cm³/mol. The first-order valence-electron chi connectivity index (χ1n) is 5.78. The lowest BCUT2D eigenvalue weighted by atomic mass is 10.2. The Morgan fingerprint density at radius 2 is 2.37 bits per heavy atom. The number of thioether (sulfide) groups is 1. The zero-order chi connectivity index (χ0) is 14.0. The summed E-state index contributed by atoms with van der Waals surface area (Å²) in [6.45, 7) is 2.29. The van der Waals surface area contributed by atoms with Gasteiger partial charge in [-0.15, -0.1) is 11.8 Å². The molecule has 0 spiro atoms. The Morgan fingerprint density at radius 1 is 1.63 bits per heavy atom. The fourth-order valence-corrected chi connectivity index (χ4v) is 3.49. The number of ether oxygens (including phenoxy) is 1. The summed E-state index contributed by atoms with van der Waals surface area (Å²) >= 11 is 4.80. The predicted octanol–water partition coefficient (Wildman–Crippen LogP) is 2.34. The topological polar surface area (TPSA) is 78.8 Å². The van der Waals surface area contributed by atoms with Crippen molar-refractivity contribution in [1.29, 1.82) is 0 Å². The van der Waals surface area contributed by atoms with Crippen LogP contribution in [-0.4, -0.2) is 34.6 Å². The highest BCUT2D eigenvalue weighted by molar-refractivity contribution is 9.10. The van der Waals surface area contributed by atoms with Crippen LogP contribution in [0.25, 0.3) is 0 Å². The number of halogens is 1. The van der Waals surface area contributed by atoms with Crippen LogP contribution in [-0.2, 0) is 4.79 Å². The number of carboxylic acid groups (broad SMARTS) is 1. The Morgan fingerprint density at radius 3 is 2.95 bits per heavy atom. The molecule has 1 aromatic rings. The molecule has 3 N–H and O–H groups in total. The average molecular weight is 348 g/mol. The average Bonchev–Trinajstić information content (AvgIpc) is 2.84. The maximum absolute atomic E-state index is 10.9. The van der Waals surface area contributed by atoms with E-state index in [0.29, 0.717) is 22.6 Å². The van der Waals surface area contributed by atoms with Gasteiger partial charge in [0, 0.05) is 5.75 Å². The zero-order valence-electron chi connectivity index (χ0n) is 10.2. The number of phenols is 1. The van der Waals surface area contributed by atoms with Crippen LogP contribution in [0.5, 0.6) is 11.5 Å². The highest BCUT2D eigenvalue weighted by Crippen LogP contribution is 2.41. The number of nitrogens with one attached hydrogen (secondary N) is 1. The van der Waals surface area contributed by atoms with E-state index < -0.39 is 12.0 Å². The number of rotatable bonds is 4. The van der Waals surface area contributed by atoms with Crippen LogP contribution in [0, 0.1) is 0 Å². The Bertz CT molecular complexity index is 497. The second-order valence-electron chi connectivity index (χ2n) is 4.05. The quantitative estimate of drug-likeness (QED) is 0.775. The fraction of sp³-hybridized carbons (Fsp3) is 0.417. The molecule has 1 aromatic carbocycles. The van der Waals surface area contributed by atoms with Crippen LogP contribution in [0.4, 0.5) is 0 Å². The molecule has 1 aliphatic rings. The standard InChI is InChI=1S/C12H14BrNO4S/c1-2-18-9-4-6(3-7(13)10(9)15)11-14-8(5-19-11)12(16)17/h3-4,8,11,14-15H,2,5H2,1H3,(H,16,17)/t8-,11-/m1/s1. The number of aliphatic carboxylic acids is 1. The van der Waals surface area contributed by atoms with E-state index in [1.54, 1.807) is 12.1 Å². The molecule has 1 fully saturated rings. The van der Waals surface area contributed by atoms with Crippen molar-refractivity contribution >= 4 is 33.7 Å². The van der Waals surface area contributed by atoms with Crippen LogP contribution in [0.2, 0.25) is 0 Å². The van der Waals surface area contributed by atoms with Crippen molar-refractivity contribution in [3.05, 3.63) is 22.2 Å². The maximum Gasteiger partial charge on any atom is 0.321 e. The van der Waals surface area contributed by atoms with Gasteiger partial charge in [-0.05, 0) is 40.5 Å². The number of carbonyl (C=O) groups is 1. The summed E-state index contributed by atoms with van der Waals surface area (Å²) in [4.78, 5) is 10.9. The zero-order valence-corrected chi connectivity index (χ0v) is 12.6. The van der Waals surface area contributed by atoms with E-state index in [0.717, 1.165) is 5.56 Å². The molecule has 0 aliphatic carbocycles. The first-order valence-corrected chi connectivity index (χ1v) is 7.62.